The first kappa shape index (κ1) is 20.4. The number of halogens is 4. The van der Waals surface area contributed by atoms with E-state index >= 15 is 0 Å². The van der Waals surface area contributed by atoms with E-state index in [1.165, 1.54) is 0 Å². The Labute approximate surface area is 152 Å². The van der Waals surface area contributed by atoms with E-state index in [9.17, 15) is 32.3 Å². The molecular formula is C19H17F4NO3. The Hall–Kier alpha value is -2.90. The van der Waals surface area contributed by atoms with Crippen LogP contribution in [-0.4, -0.2) is 23.5 Å². The molecule has 0 aliphatic rings. The summed E-state index contributed by atoms with van der Waals surface area (Å²) in [6.45, 7) is -0.301. The molecule has 4 nitrogen and oxygen atoms in total. The van der Waals surface area contributed by atoms with Crippen molar-refractivity contribution in [1.82, 2.24) is 5.32 Å². The second-order valence-electron chi connectivity index (χ2n) is 5.95. The molecule has 0 bridgehead atoms. The van der Waals surface area contributed by atoms with Gasteiger partial charge in [-0.2, -0.15) is 13.2 Å². The number of alkyl halides is 4. The molecule has 2 aromatic carbocycles. The highest BCUT2D eigenvalue weighted by molar-refractivity contribution is 5.82. The van der Waals surface area contributed by atoms with Crippen molar-refractivity contribution in [3.8, 4) is 0 Å². The number of benzene rings is 2. The number of aliphatic carboxylic acids is 1. The largest absolute Gasteiger partial charge is 0.481 e. The molecule has 27 heavy (non-hydrogen) atoms. The smallest absolute Gasteiger partial charge is 0.416 e. The van der Waals surface area contributed by atoms with Crippen LogP contribution >= 0.6 is 0 Å². The minimum atomic E-state index is -4.56. The first-order valence-corrected chi connectivity index (χ1v) is 8.04. The van der Waals surface area contributed by atoms with E-state index in [0.29, 0.717) is 12.1 Å². The zero-order chi connectivity index (χ0) is 20.0. The van der Waals surface area contributed by atoms with Gasteiger partial charge < -0.3 is 10.4 Å². The van der Waals surface area contributed by atoms with Gasteiger partial charge in [-0.25, -0.2) is 4.39 Å². The van der Waals surface area contributed by atoms with Crippen molar-refractivity contribution in [3.63, 3.8) is 0 Å². The Bertz CT molecular complexity index is 776. The zero-order valence-electron chi connectivity index (χ0n) is 14.0. The van der Waals surface area contributed by atoms with E-state index in [-0.39, 0.29) is 18.5 Å². The molecule has 2 atom stereocenters. The van der Waals surface area contributed by atoms with Crippen LogP contribution in [0.1, 0.15) is 22.9 Å². The van der Waals surface area contributed by atoms with Crippen molar-refractivity contribution in [2.75, 3.05) is 6.54 Å². The first-order chi connectivity index (χ1) is 12.7. The highest BCUT2D eigenvalue weighted by atomic mass is 19.4. The van der Waals surface area contributed by atoms with Crippen LogP contribution in [0, 0.1) is 5.92 Å². The topological polar surface area (TPSA) is 66.4 Å². The summed E-state index contributed by atoms with van der Waals surface area (Å²) >= 11 is 0. The summed E-state index contributed by atoms with van der Waals surface area (Å²) in [4.78, 5) is 23.2. The first-order valence-electron chi connectivity index (χ1n) is 8.04. The Morgan fingerprint density at radius 1 is 1.00 bits per heavy atom. The monoisotopic (exact) mass is 383 g/mol. The summed E-state index contributed by atoms with van der Waals surface area (Å²) in [6.07, 6.45) is -6.61. The number of amides is 1. The number of hydrogen-bond acceptors (Lipinski definition) is 2. The summed E-state index contributed by atoms with van der Waals surface area (Å²) in [6, 6.07) is 11.9. The predicted molar refractivity (Wildman–Crippen MR) is 89.6 cm³/mol. The molecule has 2 N–H and O–H groups in total. The second-order valence-corrected chi connectivity index (χ2v) is 5.95. The fourth-order valence-corrected chi connectivity index (χ4v) is 2.45. The quantitative estimate of drug-likeness (QED) is 0.716. The van der Waals surface area contributed by atoms with Gasteiger partial charge in [-0.15, -0.1) is 0 Å². The van der Waals surface area contributed by atoms with Crippen LogP contribution < -0.4 is 5.32 Å². The highest BCUT2D eigenvalue weighted by Crippen LogP contribution is 2.30. The number of carbonyl (C=O) groups is 2. The molecule has 2 rings (SSSR count). The van der Waals surface area contributed by atoms with Crippen LogP contribution in [-0.2, 0) is 22.2 Å². The Balaban J connectivity index is 1.97. The molecule has 2 aromatic rings. The average molecular weight is 383 g/mol. The maximum atomic E-state index is 14.2. The minimum absolute atomic E-state index is 0.147. The molecule has 0 fully saturated rings. The van der Waals surface area contributed by atoms with Crippen LogP contribution in [0.3, 0.4) is 0 Å². The van der Waals surface area contributed by atoms with Crippen LogP contribution in [0.25, 0.3) is 0 Å². The lowest BCUT2D eigenvalue weighted by Crippen LogP contribution is -2.36. The van der Waals surface area contributed by atoms with Crippen molar-refractivity contribution in [1.29, 1.82) is 0 Å². The number of nitrogens with one attached hydrogen (secondary N) is 1. The molecule has 0 saturated heterocycles. The molecule has 8 heteroatoms. The maximum Gasteiger partial charge on any atom is 0.416 e. The molecule has 144 valence electrons. The van der Waals surface area contributed by atoms with E-state index < -0.39 is 35.7 Å². The second kappa shape index (κ2) is 8.66. The van der Waals surface area contributed by atoms with E-state index in [4.69, 9.17) is 0 Å². The molecule has 0 aromatic heterocycles. The van der Waals surface area contributed by atoms with Gasteiger partial charge in [0.1, 0.15) is 0 Å². The third-order valence-electron chi connectivity index (χ3n) is 3.96. The molecule has 0 saturated carbocycles. The van der Waals surface area contributed by atoms with Crippen LogP contribution in [0.15, 0.2) is 54.6 Å². The summed E-state index contributed by atoms with van der Waals surface area (Å²) in [5.41, 5.74) is -0.443. The summed E-state index contributed by atoms with van der Waals surface area (Å²) in [5, 5.41) is 11.5. The number of hydrogen-bond donors (Lipinski definition) is 2. The van der Waals surface area contributed by atoms with Gasteiger partial charge in [-0.3, -0.25) is 9.59 Å². The summed E-state index contributed by atoms with van der Waals surface area (Å²) < 4.78 is 51.7. The number of carboxylic acids is 1. The zero-order valence-corrected chi connectivity index (χ0v) is 14.0. The number of carboxylic acid groups (broad SMARTS) is 1. The van der Waals surface area contributed by atoms with Gasteiger partial charge in [0, 0.05) is 6.54 Å². The Kier molecular flexibility index (Phi) is 6.55. The van der Waals surface area contributed by atoms with Crippen molar-refractivity contribution in [2.45, 2.75) is 18.8 Å². The third kappa shape index (κ3) is 5.80. The third-order valence-corrected chi connectivity index (χ3v) is 3.96. The number of carbonyl (C=O) groups excluding carboxylic acids is 1. The van der Waals surface area contributed by atoms with Gasteiger partial charge in [0.15, 0.2) is 0 Å². The van der Waals surface area contributed by atoms with Crippen LogP contribution in [0.4, 0.5) is 17.6 Å². The molecule has 0 heterocycles. The molecule has 1 amide bonds. The molecule has 0 spiro atoms. The van der Waals surface area contributed by atoms with E-state index in [1.54, 1.807) is 30.3 Å². The van der Waals surface area contributed by atoms with Crippen molar-refractivity contribution < 1.29 is 32.3 Å². The lowest BCUT2D eigenvalue weighted by atomic mass is 9.99. The van der Waals surface area contributed by atoms with Crippen molar-refractivity contribution >= 4 is 11.9 Å². The van der Waals surface area contributed by atoms with Crippen molar-refractivity contribution in [2.24, 2.45) is 5.92 Å². The SMILES string of the molecule is O=C(O)C(CNC(=O)C(F)c1ccc(C(F)(F)F)cc1)Cc1ccccc1. The molecule has 2 unspecified atom stereocenters. The highest BCUT2D eigenvalue weighted by Gasteiger charge is 2.31. The fraction of sp³-hybridized carbons (Fsp3) is 0.263. The fourth-order valence-electron chi connectivity index (χ4n) is 2.45. The van der Waals surface area contributed by atoms with Gasteiger partial charge in [-0.05, 0) is 29.7 Å². The van der Waals surface area contributed by atoms with Gasteiger partial charge in [0.25, 0.3) is 5.91 Å². The van der Waals surface area contributed by atoms with Gasteiger partial charge >= 0.3 is 12.1 Å². The van der Waals surface area contributed by atoms with E-state index in [0.717, 1.165) is 17.7 Å². The minimum Gasteiger partial charge on any atom is -0.481 e. The van der Waals surface area contributed by atoms with Crippen molar-refractivity contribution in [3.05, 3.63) is 71.3 Å². The van der Waals surface area contributed by atoms with Gasteiger partial charge in [-0.1, -0.05) is 42.5 Å². The Morgan fingerprint density at radius 3 is 2.11 bits per heavy atom. The van der Waals surface area contributed by atoms with E-state index in [2.05, 4.69) is 5.32 Å². The standard InChI is InChI=1S/C19H17F4NO3/c20-16(13-6-8-15(9-7-13)19(21,22)23)17(25)24-11-14(18(26)27)10-12-4-2-1-3-5-12/h1-9,14,16H,10-11H2,(H,24,25)(H,26,27). The average Bonchev–Trinajstić information content (AvgIpc) is 2.64. The lowest BCUT2D eigenvalue weighted by Gasteiger charge is -2.15. The lowest BCUT2D eigenvalue weighted by molar-refractivity contribution is -0.142. The molecular weight excluding hydrogens is 366 g/mol. The summed E-state index contributed by atoms with van der Waals surface area (Å²) in [7, 11) is 0. The predicted octanol–water partition coefficient (Wildman–Crippen LogP) is 3.78. The molecule has 0 radical (unpaired) electrons. The van der Waals surface area contributed by atoms with E-state index in [1.807, 2.05) is 0 Å². The molecule has 0 aliphatic heterocycles. The van der Waals surface area contributed by atoms with Gasteiger partial charge in [0.2, 0.25) is 6.17 Å². The number of rotatable bonds is 7. The maximum absolute atomic E-state index is 14.2. The normalized spacial score (nSPS) is 13.6. The molecule has 0 aliphatic carbocycles. The van der Waals surface area contributed by atoms with Gasteiger partial charge in [0.05, 0.1) is 11.5 Å². The summed E-state index contributed by atoms with van der Waals surface area (Å²) in [5.74, 6) is -3.21. The van der Waals surface area contributed by atoms with Crippen LogP contribution in [0.2, 0.25) is 0 Å². The van der Waals surface area contributed by atoms with Crippen LogP contribution in [0.5, 0.6) is 0 Å². The Morgan fingerprint density at radius 2 is 1.59 bits per heavy atom.